The number of anilines is 1. The first-order chi connectivity index (χ1) is 10.7. The van der Waals surface area contributed by atoms with Crippen LogP contribution in [0, 0.1) is 6.92 Å². The van der Waals surface area contributed by atoms with Gasteiger partial charge in [-0.15, -0.1) is 11.3 Å². The largest absolute Gasteiger partial charge is 0.383 e. The Morgan fingerprint density at radius 1 is 1.18 bits per heavy atom. The zero-order valence-corrected chi connectivity index (χ0v) is 13.2. The van der Waals surface area contributed by atoms with Gasteiger partial charge in [0.05, 0.1) is 16.8 Å². The highest BCUT2D eigenvalue weighted by Crippen LogP contribution is 2.37. The number of aryl methyl sites for hydroxylation is 1. The highest BCUT2D eigenvalue weighted by atomic mass is 32.1. The third-order valence-electron chi connectivity index (χ3n) is 4.26. The second kappa shape index (κ2) is 5.04. The number of β-amino-alcohol motifs (C(OH)–C–C–N with tert-alkyl or cyclic N) is 1. The summed E-state index contributed by atoms with van der Waals surface area (Å²) in [6, 6.07) is 11.9. The summed E-state index contributed by atoms with van der Waals surface area (Å²) in [5, 5.41) is 13.0. The molecule has 1 aromatic carbocycles. The molecule has 0 radical (unpaired) electrons. The number of fused-ring (bicyclic) bond motifs is 1. The van der Waals surface area contributed by atoms with Crippen LogP contribution in [0.15, 0.2) is 41.8 Å². The van der Waals surface area contributed by atoms with Crippen LogP contribution in [0.2, 0.25) is 0 Å². The van der Waals surface area contributed by atoms with Crippen molar-refractivity contribution in [2.45, 2.75) is 18.9 Å². The van der Waals surface area contributed by atoms with E-state index in [1.165, 1.54) is 0 Å². The van der Waals surface area contributed by atoms with Gasteiger partial charge in [-0.1, -0.05) is 30.3 Å². The first kappa shape index (κ1) is 13.7. The Morgan fingerprint density at radius 2 is 2.00 bits per heavy atom. The van der Waals surface area contributed by atoms with Crippen LogP contribution in [0.25, 0.3) is 10.2 Å². The quantitative estimate of drug-likeness (QED) is 0.790. The first-order valence-corrected chi connectivity index (χ1v) is 8.28. The molecule has 1 unspecified atom stereocenters. The van der Waals surface area contributed by atoms with Crippen LogP contribution in [0.1, 0.15) is 17.8 Å². The van der Waals surface area contributed by atoms with Crippen molar-refractivity contribution in [1.29, 1.82) is 0 Å². The molecule has 5 heteroatoms. The van der Waals surface area contributed by atoms with Crippen LogP contribution >= 0.6 is 11.3 Å². The lowest BCUT2D eigenvalue weighted by Gasteiger charge is -2.24. The SMILES string of the molecule is Cc1nc(N2CCC(O)(c3ccccc3)C2)c2sccc2n1. The summed E-state index contributed by atoms with van der Waals surface area (Å²) in [6.45, 7) is 3.29. The van der Waals surface area contributed by atoms with Crippen LogP contribution < -0.4 is 4.90 Å². The van der Waals surface area contributed by atoms with Gasteiger partial charge in [0.2, 0.25) is 0 Å². The molecule has 0 bridgehead atoms. The predicted molar refractivity (Wildman–Crippen MR) is 89.3 cm³/mol. The van der Waals surface area contributed by atoms with Crippen LogP contribution in [0.3, 0.4) is 0 Å². The first-order valence-electron chi connectivity index (χ1n) is 7.40. The van der Waals surface area contributed by atoms with E-state index >= 15 is 0 Å². The summed E-state index contributed by atoms with van der Waals surface area (Å²) in [5.74, 6) is 1.72. The van der Waals surface area contributed by atoms with Gasteiger partial charge in [-0.3, -0.25) is 0 Å². The highest BCUT2D eigenvalue weighted by Gasteiger charge is 2.38. The summed E-state index contributed by atoms with van der Waals surface area (Å²) in [7, 11) is 0. The molecular formula is C17H17N3OS. The molecule has 112 valence electrons. The molecule has 2 aromatic heterocycles. The Bertz CT molecular complexity index is 817. The van der Waals surface area contributed by atoms with E-state index in [-0.39, 0.29) is 0 Å². The predicted octanol–water partition coefficient (Wildman–Crippen LogP) is 3.10. The van der Waals surface area contributed by atoms with E-state index < -0.39 is 5.60 Å². The Morgan fingerprint density at radius 3 is 2.82 bits per heavy atom. The molecular weight excluding hydrogens is 294 g/mol. The van der Waals surface area contributed by atoms with Crippen molar-refractivity contribution in [1.82, 2.24) is 9.97 Å². The van der Waals surface area contributed by atoms with Gasteiger partial charge in [0.1, 0.15) is 17.2 Å². The summed E-state index contributed by atoms with van der Waals surface area (Å²) in [4.78, 5) is 11.3. The minimum absolute atomic E-state index is 0.570. The van der Waals surface area contributed by atoms with Crippen LogP contribution in [-0.4, -0.2) is 28.2 Å². The van der Waals surface area contributed by atoms with Crippen molar-refractivity contribution in [2.75, 3.05) is 18.0 Å². The second-order valence-electron chi connectivity index (χ2n) is 5.80. The zero-order valence-electron chi connectivity index (χ0n) is 12.4. The summed E-state index contributed by atoms with van der Waals surface area (Å²) in [5.41, 5.74) is 1.16. The lowest BCUT2D eigenvalue weighted by atomic mass is 9.93. The maximum absolute atomic E-state index is 11.0. The zero-order chi connectivity index (χ0) is 15.2. The van der Waals surface area contributed by atoms with E-state index in [1.54, 1.807) is 11.3 Å². The number of benzene rings is 1. The maximum atomic E-state index is 11.0. The Hall–Kier alpha value is -1.98. The van der Waals surface area contributed by atoms with E-state index in [0.29, 0.717) is 13.0 Å². The maximum Gasteiger partial charge on any atom is 0.150 e. The molecule has 1 aliphatic rings. The van der Waals surface area contributed by atoms with Gasteiger partial charge in [-0.2, -0.15) is 0 Å². The van der Waals surface area contributed by atoms with Crippen molar-refractivity contribution in [2.24, 2.45) is 0 Å². The highest BCUT2D eigenvalue weighted by molar-refractivity contribution is 7.17. The van der Waals surface area contributed by atoms with Crippen molar-refractivity contribution < 1.29 is 5.11 Å². The van der Waals surface area contributed by atoms with Crippen molar-refractivity contribution in [3.8, 4) is 0 Å². The fourth-order valence-corrected chi connectivity index (χ4v) is 3.98. The van der Waals surface area contributed by atoms with Crippen molar-refractivity contribution >= 4 is 27.4 Å². The minimum atomic E-state index is -0.802. The average Bonchev–Trinajstić information content (AvgIpc) is 3.15. The monoisotopic (exact) mass is 311 g/mol. The Balaban J connectivity index is 1.72. The fraction of sp³-hybridized carbons (Fsp3) is 0.294. The molecule has 0 amide bonds. The van der Waals surface area contributed by atoms with Gasteiger partial charge in [0.15, 0.2) is 0 Å². The summed E-state index contributed by atoms with van der Waals surface area (Å²) < 4.78 is 1.10. The standard InChI is InChI=1S/C17H17N3OS/c1-12-18-14-7-10-22-15(14)16(19-12)20-9-8-17(21,11-20)13-5-3-2-4-6-13/h2-7,10,21H,8-9,11H2,1H3. The molecule has 22 heavy (non-hydrogen) atoms. The van der Waals surface area contributed by atoms with Gasteiger partial charge >= 0.3 is 0 Å². The molecule has 1 aliphatic heterocycles. The number of thiophene rings is 1. The topological polar surface area (TPSA) is 49.2 Å². The van der Waals surface area contributed by atoms with Gasteiger partial charge < -0.3 is 10.0 Å². The number of nitrogens with zero attached hydrogens (tertiary/aromatic N) is 3. The minimum Gasteiger partial charge on any atom is -0.383 e. The number of aliphatic hydroxyl groups is 1. The fourth-order valence-electron chi connectivity index (χ4n) is 3.13. The number of aromatic nitrogens is 2. The Kier molecular flexibility index (Phi) is 3.13. The molecule has 4 rings (SSSR count). The molecule has 1 fully saturated rings. The third-order valence-corrected chi connectivity index (χ3v) is 5.16. The Labute approximate surface area is 133 Å². The van der Waals surface area contributed by atoms with Crippen molar-refractivity contribution in [3.05, 3.63) is 53.2 Å². The third kappa shape index (κ3) is 2.17. The lowest BCUT2D eigenvalue weighted by molar-refractivity contribution is 0.0606. The molecule has 0 spiro atoms. The second-order valence-corrected chi connectivity index (χ2v) is 6.71. The van der Waals surface area contributed by atoms with Gasteiger partial charge in [0.25, 0.3) is 0 Å². The molecule has 0 saturated carbocycles. The smallest absolute Gasteiger partial charge is 0.150 e. The number of hydrogen-bond donors (Lipinski definition) is 1. The molecule has 3 aromatic rings. The molecule has 3 heterocycles. The van der Waals surface area contributed by atoms with Crippen LogP contribution in [0.4, 0.5) is 5.82 Å². The van der Waals surface area contributed by atoms with Gasteiger partial charge in [-0.25, -0.2) is 9.97 Å². The van der Waals surface area contributed by atoms with Gasteiger partial charge in [0, 0.05) is 6.54 Å². The number of rotatable bonds is 2. The van der Waals surface area contributed by atoms with Crippen molar-refractivity contribution in [3.63, 3.8) is 0 Å². The molecule has 1 N–H and O–H groups in total. The van der Waals surface area contributed by atoms with E-state index in [1.807, 2.05) is 48.7 Å². The van der Waals surface area contributed by atoms with Crippen LogP contribution in [0.5, 0.6) is 0 Å². The van der Waals surface area contributed by atoms with E-state index in [0.717, 1.165) is 34.0 Å². The number of hydrogen-bond acceptors (Lipinski definition) is 5. The summed E-state index contributed by atoms with van der Waals surface area (Å²) >= 11 is 1.66. The van der Waals surface area contributed by atoms with E-state index in [2.05, 4.69) is 14.9 Å². The van der Waals surface area contributed by atoms with Gasteiger partial charge in [-0.05, 0) is 30.4 Å². The van der Waals surface area contributed by atoms with E-state index in [4.69, 9.17) is 0 Å². The lowest BCUT2D eigenvalue weighted by Crippen LogP contribution is -2.31. The molecule has 1 saturated heterocycles. The molecule has 4 nitrogen and oxygen atoms in total. The average molecular weight is 311 g/mol. The molecule has 0 aliphatic carbocycles. The summed E-state index contributed by atoms with van der Waals surface area (Å²) in [6.07, 6.45) is 0.715. The van der Waals surface area contributed by atoms with Crippen LogP contribution in [-0.2, 0) is 5.60 Å². The normalized spacial score (nSPS) is 21.6. The molecule has 1 atom stereocenters. The van der Waals surface area contributed by atoms with E-state index in [9.17, 15) is 5.11 Å².